The van der Waals surface area contributed by atoms with E-state index >= 15 is 0 Å². The van der Waals surface area contributed by atoms with Crippen molar-refractivity contribution in [3.05, 3.63) is 33.8 Å². The number of rotatable bonds is 6. The van der Waals surface area contributed by atoms with Crippen molar-refractivity contribution in [2.45, 2.75) is 26.1 Å². The van der Waals surface area contributed by atoms with Gasteiger partial charge in [0.15, 0.2) is 0 Å². The van der Waals surface area contributed by atoms with E-state index in [2.05, 4.69) is 15.2 Å². The summed E-state index contributed by atoms with van der Waals surface area (Å²) in [4.78, 5) is 17.4. The third kappa shape index (κ3) is 4.00. The van der Waals surface area contributed by atoms with Gasteiger partial charge in [0.25, 0.3) is 5.91 Å². The summed E-state index contributed by atoms with van der Waals surface area (Å²) in [6.45, 7) is 4.01. The molecule has 1 amide bonds. The molecule has 1 aliphatic rings. The van der Waals surface area contributed by atoms with Crippen molar-refractivity contribution in [2.75, 3.05) is 33.8 Å². The van der Waals surface area contributed by atoms with Crippen molar-refractivity contribution in [3.8, 4) is 0 Å². The summed E-state index contributed by atoms with van der Waals surface area (Å²) >= 11 is 1.48. The Kier molecular flexibility index (Phi) is 5.60. The fourth-order valence-corrected chi connectivity index (χ4v) is 3.34. The summed E-state index contributed by atoms with van der Waals surface area (Å²) < 4.78 is 7.61. The SMILES string of the molecule is CN(C)CCOCc1nnn2c1CN(C(=O)c1cccs1)CCC2. The zero-order chi connectivity index (χ0) is 16.9. The van der Waals surface area contributed by atoms with E-state index in [4.69, 9.17) is 4.74 Å². The van der Waals surface area contributed by atoms with E-state index in [1.54, 1.807) is 0 Å². The lowest BCUT2D eigenvalue weighted by Gasteiger charge is -2.19. The molecular weight excluding hydrogens is 326 g/mol. The quantitative estimate of drug-likeness (QED) is 0.739. The van der Waals surface area contributed by atoms with Gasteiger partial charge in [-0.15, -0.1) is 16.4 Å². The van der Waals surface area contributed by atoms with Gasteiger partial charge in [-0.25, -0.2) is 4.68 Å². The van der Waals surface area contributed by atoms with Crippen LogP contribution in [0.3, 0.4) is 0 Å². The van der Waals surface area contributed by atoms with E-state index in [0.717, 1.165) is 42.3 Å². The molecule has 7 nitrogen and oxygen atoms in total. The summed E-state index contributed by atoms with van der Waals surface area (Å²) in [6, 6.07) is 3.78. The molecular formula is C16H23N5O2S. The fourth-order valence-electron chi connectivity index (χ4n) is 2.65. The van der Waals surface area contributed by atoms with E-state index in [9.17, 15) is 4.79 Å². The van der Waals surface area contributed by atoms with Crippen LogP contribution >= 0.6 is 11.3 Å². The van der Waals surface area contributed by atoms with Crippen molar-refractivity contribution < 1.29 is 9.53 Å². The second kappa shape index (κ2) is 7.87. The van der Waals surface area contributed by atoms with Crippen molar-refractivity contribution in [3.63, 3.8) is 0 Å². The molecule has 24 heavy (non-hydrogen) atoms. The molecule has 0 N–H and O–H groups in total. The van der Waals surface area contributed by atoms with Gasteiger partial charge >= 0.3 is 0 Å². The first-order valence-corrected chi connectivity index (χ1v) is 8.99. The van der Waals surface area contributed by atoms with Crippen molar-refractivity contribution >= 4 is 17.2 Å². The molecule has 0 radical (unpaired) electrons. The third-order valence-electron chi connectivity index (χ3n) is 4.00. The molecule has 130 valence electrons. The van der Waals surface area contributed by atoms with E-state index in [1.807, 2.05) is 41.2 Å². The van der Waals surface area contributed by atoms with Crippen molar-refractivity contribution in [1.82, 2.24) is 24.8 Å². The molecule has 0 saturated heterocycles. The lowest BCUT2D eigenvalue weighted by Crippen LogP contribution is -2.30. The van der Waals surface area contributed by atoms with Crippen LogP contribution in [0.15, 0.2) is 17.5 Å². The number of hydrogen-bond donors (Lipinski definition) is 0. The minimum atomic E-state index is 0.0825. The number of likely N-dealkylation sites (N-methyl/N-ethyl adjacent to an activating group) is 1. The van der Waals surface area contributed by atoms with Crippen LogP contribution in [0.25, 0.3) is 0 Å². The van der Waals surface area contributed by atoms with E-state index in [1.165, 1.54) is 11.3 Å². The first-order chi connectivity index (χ1) is 11.6. The molecule has 2 aromatic heterocycles. The normalized spacial score (nSPS) is 14.7. The zero-order valence-corrected chi connectivity index (χ0v) is 15.0. The summed E-state index contributed by atoms with van der Waals surface area (Å²) in [5, 5.41) is 10.4. The van der Waals surface area contributed by atoms with Gasteiger partial charge in [0.1, 0.15) is 5.69 Å². The predicted molar refractivity (Wildman–Crippen MR) is 91.9 cm³/mol. The molecule has 0 unspecified atom stereocenters. The summed E-state index contributed by atoms with van der Waals surface area (Å²) in [5.74, 6) is 0.0825. The zero-order valence-electron chi connectivity index (χ0n) is 14.1. The molecule has 1 aliphatic heterocycles. The number of aromatic nitrogens is 3. The van der Waals surface area contributed by atoms with Gasteiger partial charge in [0.2, 0.25) is 0 Å². The highest BCUT2D eigenvalue weighted by Crippen LogP contribution is 2.19. The Hall–Kier alpha value is -1.77. The van der Waals surface area contributed by atoms with Crippen LogP contribution in [-0.4, -0.2) is 64.5 Å². The molecule has 0 fully saturated rings. The molecule has 0 bridgehead atoms. The van der Waals surface area contributed by atoms with Gasteiger partial charge in [-0.2, -0.15) is 0 Å². The minimum absolute atomic E-state index is 0.0825. The number of fused-ring (bicyclic) bond motifs is 1. The molecule has 2 aromatic rings. The highest BCUT2D eigenvalue weighted by Gasteiger charge is 2.24. The van der Waals surface area contributed by atoms with Crippen LogP contribution in [0.5, 0.6) is 0 Å². The van der Waals surface area contributed by atoms with E-state index < -0.39 is 0 Å². The van der Waals surface area contributed by atoms with Crippen LogP contribution in [0.1, 0.15) is 27.5 Å². The second-order valence-electron chi connectivity index (χ2n) is 6.12. The largest absolute Gasteiger partial charge is 0.374 e. The number of aryl methyl sites for hydroxylation is 1. The summed E-state index contributed by atoms with van der Waals surface area (Å²) in [6.07, 6.45) is 0.883. The Morgan fingerprint density at radius 2 is 2.29 bits per heavy atom. The first-order valence-electron chi connectivity index (χ1n) is 8.11. The minimum Gasteiger partial charge on any atom is -0.374 e. The third-order valence-corrected chi connectivity index (χ3v) is 4.86. The maximum Gasteiger partial charge on any atom is 0.264 e. The van der Waals surface area contributed by atoms with Gasteiger partial charge < -0.3 is 14.5 Å². The fraction of sp³-hybridized carbons (Fsp3) is 0.562. The Morgan fingerprint density at radius 1 is 1.42 bits per heavy atom. The molecule has 3 heterocycles. The Balaban J connectivity index is 1.67. The van der Waals surface area contributed by atoms with Crippen LogP contribution in [0.2, 0.25) is 0 Å². The predicted octanol–water partition coefficient (Wildman–Crippen LogP) is 1.46. The van der Waals surface area contributed by atoms with Gasteiger partial charge in [-0.1, -0.05) is 11.3 Å². The van der Waals surface area contributed by atoms with Crippen molar-refractivity contribution in [2.24, 2.45) is 0 Å². The molecule has 0 saturated carbocycles. The van der Waals surface area contributed by atoms with E-state index in [0.29, 0.717) is 19.8 Å². The van der Waals surface area contributed by atoms with Gasteiger partial charge in [0, 0.05) is 19.6 Å². The van der Waals surface area contributed by atoms with Crippen molar-refractivity contribution in [1.29, 1.82) is 0 Å². The topological polar surface area (TPSA) is 63.5 Å². The number of nitrogens with zero attached hydrogens (tertiary/aromatic N) is 5. The standard InChI is InChI=1S/C16H23N5O2S/c1-19(2)8-9-23-12-13-14-11-20(6-4-7-21(14)18-17-13)16(22)15-5-3-10-24-15/h3,5,10H,4,6-9,11-12H2,1-2H3. The molecule has 0 atom stereocenters. The Labute approximate surface area is 145 Å². The molecule has 8 heteroatoms. The summed E-state index contributed by atoms with van der Waals surface area (Å²) in [5.41, 5.74) is 1.82. The maximum absolute atomic E-state index is 12.6. The highest BCUT2D eigenvalue weighted by molar-refractivity contribution is 7.12. The first kappa shape index (κ1) is 17.1. The Morgan fingerprint density at radius 3 is 3.04 bits per heavy atom. The van der Waals surface area contributed by atoms with Crippen LogP contribution in [0.4, 0.5) is 0 Å². The number of carbonyl (C=O) groups excluding carboxylic acids is 1. The van der Waals surface area contributed by atoms with Crippen LogP contribution in [0, 0.1) is 0 Å². The molecule has 0 spiro atoms. The monoisotopic (exact) mass is 349 g/mol. The number of hydrogen-bond acceptors (Lipinski definition) is 6. The lowest BCUT2D eigenvalue weighted by molar-refractivity contribution is 0.0745. The van der Waals surface area contributed by atoms with E-state index in [-0.39, 0.29) is 5.91 Å². The lowest BCUT2D eigenvalue weighted by atomic mass is 10.3. The van der Waals surface area contributed by atoms with Gasteiger partial charge in [0.05, 0.1) is 30.3 Å². The second-order valence-corrected chi connectivity index (χ2v) is 7.07. The van der Waals surface area contributed by atoms with Gasteiger partial charge in [-0.05, 0) is 32.0 Å². The van der Waals surface area contributed by atoms with Crippen LogP contribution in [-0.2, 0) is 24.4 Å². The molecule has 0 aliphatic carbocycles. The highest BCUT2D eigenvalue weighted by atomic mass is 32.1. The maximum atomic E-state index is 12.6. The average Bonchev–Trinajstić information content (AvgIpc) is 3.17. The Bertz CT molecular complexity index is 668. The smallest absolute Gasteiger partial charge is 0.264 e. The molecule has 3 rings (SSSR count). The van der Waals surface area contributed by atoms with Gasteiger partial charge in [-0.3, -0.25) is 4.79 Å². The summed E-state index contributed by atoms with van der Waals surface area (Å²) in [7, 11) is 4.03. The van der Waals surface area contributed by atoms with Crippen LogP contribution < -0.4 is 0 Å². The number of thiophene rings is 1. The average molecular weight is 349 g/mol. The number of amides is 1. The molecule has 0 aromatic carbocycles. The number of carbonyl (C=O) groups is 1. The number of ether oxygens (including phenoxy) is 1.